The standard InChI is InChI=1S/C16H23NO2S/c1-12(2)16(3,4)11-17-15(19)13-9-14(20-10-13)7-5-6-8-18/h9-10,12,18H,6,8,11H2,1-4H3,(H,17,19). The summed E-state index contributed by atoms with van der Waals surface area (Å²) in [6, 6.07) is 1.80. The van der Waals surface area contributed by atoms with Gasteiger partial charge in [0.15, 0.2) is 0 Å². The third kappa shape index (κ3) is 4.99. The fraction of sp³-hybridized carbons (Fsp3) is 0.562. The summed E-state index contributed by atoms with van der Waals surface area (Å²) in [7, 11) is 0. The highest BCUT2D eigenvalue weighted by molar-refractivity contribution is 7.10. The molecule has 0 saturated heterocycles. The van der Waals surface area contributed by atoms with Crippen molar-refractivity contribution in [3.05, 3.63) is 21.9 Å². The van der Waals surface area contributed by atoms with Gasteiger partial charge in [0.05, 0.1) is 17.0 Å². The maximum Gasteiger partial charge on any atom is 0.252 e. The Bertz CT molecular complexity index is 506. The lowest BCUT2D eigenvalue weighted by atomic mass is 9.81. The number of carbonyl (C=O) groups is 1. The Labute approximate surface area is 125 Å². The summed E-state index contributed by atoms with van der Waals surface area (Å²) < 4.78 is 0. The average molecular weight is 293 g/mol. The normalized spacial score (nSPS) is 11.1. The molecule has 1 aromatic rings. The third-order valence-corrected chi connectivity index (χ3v) is 4.42. The molecule has 0 atom stereocenters. The second-order valence-corrected chi connectivity index (χ2v) is 6.71. The predicted octanol–water partition coefficient (Wildman–Crippen LogP) is 2.89. The molecule has 0 aliphatic rings. The summed E-state index contributed by atoms with van der Waals surface area (Å²) in [5, 5.41) is 13.5. The minimum atomic E-state index is -0.0508. The molecule has 0 aromatic carbocycles. The lowest BCUT2D eigenvalue weighted by Crippen LogP contribution is -2.36. The zero-order chi connectivity index (χ0) is 15.2. The van der Waals surface area contributed by atoms with E-state index in [1.54, 1.807) is 6.07 Å². The van der Waals surface area contributed by atoms with Gasteiger partial charge in [-0.1, -0.05) is 39.5 Å². The zero-order valence-corrected chi connectivity index (χ0v) is 13.4. The minimum Gasteiger partial charge on any atom is -0.395 e. The molecule has 0 aliphatic heterocycles. The number of aliphatic hydroxyl groups excluding tert-OH is 1. The highest BCUT2D eigenvalue weighted by Crippen LogP contribution is 2.25. The molecule has 0 unspecified atom stereocenters. The van der Waals surface area contributed by atoms with E-state index in [-0.39, 0.29) is 17.9 Å². The number of rotatable bonds is 5. The molecule has 1 rings (SSSR count). The number of nitrogens with one attached hydrogen (secondary N) is 1. The van der Waals surface area contributed by atoms with E-state index in [1.165, 1.54) is 11.3 Å². The van der Waals surface area contributed by atoms with Crippen molar-refractivity contribution in [1.82, 2.24) is 5.32 Å². The van der Waals surface area contributed by atoms with Crippen LogP contribution >= 0.6 is 11.3 Å². The fourth-order valence-corrected chi connectivity index (χ4v) is 2.10. The first-order valence-electron chi connectivity index (χ1n) is 6.83. The van der Waals surface area contributed by atoms with Gasteiger partial charge in [0.1, 0.15) is 0 Å². The van der Waals surface area contributed by atoms with Gasteiger partial charge >= 0.3 is 0 Å². The van der Waals surface area contributed by atoms with E-state index in [2.05, 4.69) is 44.9 Å². The first-order chi connectivity index (χ1) is 9.36. The maximum absolute atomic E-state index is 12.1. The maximum atomic E-state index is 12.1. The van der Waals surface area contributed by atoms with E-state index in [0.29, 0.717) is 24.4 Å². The summed E-state index contributed by atoms with van der Waals surface area (Å²) in [6.07, 6.45) is 0.460. The van der Waals surface area contributed by atoms with Crippen LogP contribution in [0.2, 0.25) is 0 Å². The number of hydrogen-bond donors (Lipinski definition) is 2. The fourth-order valence-electron chi connectivity index (χ4n) is 1.34. The highest BCUT2D eigenvalue weighted by atomic mass is 32.1. The van der Waals surface area contributed by atoms with Crippen molar-refractivity contribution in [2.45, 2.75) is 34.1 Å². The molecule has 0 fully saturated rings. The van der Waals surface area contributed by atoms with Gasteiger partial charge in [0.25, 0.3) is 5.91 Å². The Kier molecular flexibility index (Phi) is 6.25. The summed E-state index contributed by atoms with van der Waals surface area (Å²) in [5.41, 5.74) is 0.734. The van der Waals surface area contributed by atoms with Crippen LogP contribution in [0.25, 0.3) is 0 Å². The molecular formula is C16H23NO2S. The van der Waals surface area contributed by atoms with Crippen molar-refractivity contribution in [2.24, 2.45) is 11.3 Å². The van der Waals surface area contributed by atoms with E-state index in [1.807, 2.05) is 5.38 Å². The number of aliphatic hydroxyl groups is 1. The zero-order valence-electron chi connectivity index (χ0n) is 12.6. The molecule has 110 valence electrons. The first-order valence-corrected chi connectivity index (χ1v) is 7.71. The van der Waals surface area contributed by atoms with E-state index in [9.17, 15) is 4.79 Å². The molecule has 0 spiro atoms. The van der Waals surface area contributed by atoms with Gasteiger partial charge in [0.2, 0.25) is 0 Å². The molecular weight excluding hydrogens is 270 g/mol. The molecule has 0 radical (unpaired) electrons. The second kappa shape index (κ2) is 7.47. The lowest BCUT2D eigenvalue weighted by molar-refractivity contribution is 0.0925. The van der Waals surface area contributed by atoms with Crippen LogP contribution in [0.3, 0.4) is 0 Å². The molecule has 1 heterocycles. The van der Waals surface area contributed by atoms with E-state index in [0.717, 1.165) is 4.88 Å². The molecule has 1 aromatic heterocycles. The van der Waals surface area contributed by atoms with Crippen molar-refractivity contribution in [3.8, 4) is 11.8 Å². The van der Waals surface area contributed by atoms with Gasteiger partial charge in [-0.15, -0.1) is 11.3 Å². The number of amides is 1. The first kappa shape index (κ1) is 16.7. The van der Waals surface area contributed by atoms with Crippen LogP contribution in [-0.4, -0.2) is 24.2 Å². The number of hydrogen-bond acceptors (Lipinski definition) is 3. The second-order valence-electron chi connectivity index (χ2n) is 5.80. The molecule has 1 amide bonds. The van der Waals surface area contributed by atoms with Gasteiger partial charge in [0, 0.05) is 18.3 Å². The predicted molar refractivity (Wildman–Crippen MR) is 83.9 cm³/mol. The Morgan fingerprint density at radius 3 is 2.80 bits per heavy atom. The van der Waals surface area contributed by atoms with Crippen LogP contribution in [0.4, 0.5) is 0 Å². The van der Waals surface area contributed by atoms with Crippen LogP contribution in [0.1, 0.15) is 49.4 Å². The summed E-state index contributed by atoms with van der Waals surface area (Å²) >= 11 is 1.45. The quantitative estimate of drug-likeness (QED) is 0.820. The Morgan fingerprint density at radius 2 is 2.20 bits per heavy atom. The van der Waals surface area contributed by atoms with Crippen molar-refractivity contribution < 1.29 is 9.90 Å². The largest absolute Gasteiger partial charge is 0.395 e. The van der Waals surface area contributed by atoms with Crippen LogP contribution < -0.4 is 5.32 Å². The van der Waals surface area contributed by atoms with Gasteiger partial charge in [-0.2, -0.15) is 0 Å². The van der Waals surface area contributed by atoms with Crippen LogP contribution in [0, 0.1) is 23.2 Å². The molecule has 20 heavy (non-hydrogen) atoms. The van der Waals surface area contributed by atoms with Gasteiger partial charge in [-0.05, 0) is 17.4 Å². The Balaban J connectivity index is 2.59. The monoisotopic (exact) mass is 293 g/mol. The van der Waals surface area contributed by atoms with Gasteiger partial charge in [-0.25, -0.2) is 0 Å². The Morgan fingerprint density at radius 1 is 1.50 bits per heavy atom. The Hall–Kier alpha value is -1.31. The van der Waals surface area contributed by atoms with Crippen molar-refractivity contribution in [2.75, 3.05) is 13.2 Å². The topological polar surface area (TPSA) is 49.3 Å². The number of carbonyl (C=O) groups excluding carboxylic acids is 1. The van der Waals surface area contributed by atoms with Crippen molar-refractivity contribution >= 4 is 17.2 Å². The summed E-state index contributed by atoms with van der Waals surface area (Å²) in [4.78, 5) is 12.9. The van der Waals surface area contributed by atoms with Crippen molar-refractivity contribution in [3.63, 3.8) is 0 Å². The number of thiophene rings is 1. The molecule has 3 nitrogen and oxygen atoms in total. The van der Waals surface area contributed by atoms with E-state index >= 15 is 0 Å². The minimum absolute atomic E-state index is 0.0508. The van der Waals surface area contributed by atoms with Crippen LogP contribution in [0.5, 0.6) is 0 Å². The average Bonchev–Trinajstić information content (AvgIpc) is 2.85. The van der Waals surface area contributed by atoms with Gasteiger partial charge < -0.3 is 10.4 Å². The van der Waals surface area contributed by atoms with Crippen LogP contribution in [-0.2, 0) is 0 Å². The van der Waals surface area contributed by atoms with Crippen molar-refractivity contribution in [1.29, 1.82) is 0 Å². The van der Waals surface area contributed by atoms with E-state index < -0.39 is 0 Å². The molecule has 0 saturated carbocycles. The summed E-state index contributed by atoms with van der Waals surface area (Å²) in [5.74, 6) is 6.25. The van der Waals surface area contributed by atoms with E-state index in [4.69, 9.17) is 5.11 Å². The smallest absolute Gasteiger partial charge is 0.252 e. The highest BCUT2D eigenvalue weighted by Gasteiger charge is 2.23. The third-order valence-electron chi connectivity index (χ3n) is 3.58. The SMILES string of the molecule is CC(C)C(C)(C)CNC(=O)c1csc(C#CCCO)c1. The summed E-state index contributed by atoms with van der Waals surface area (Å²) in [6.45, 7) is 9.34. The molecule has 0 aliphatic carbocycles. The molecule has 0 bridgehead atoms. The van der Waals surface area contributed by atoms with Gasteiger partial charge in [-0.3, -0.25) is 4.79 Å². The molecule has 4 heteroatoms. The van der Waals surface area contributed by atoms with Crippen LogP contribution in [0.15, 0.2) is 11.4 Å². The lowest BCUT2D eigenvalue weighted by Gasteiger charge is -2.29. The molecule has 2 N–H and O–H groups in total.